The molecule has 0 aromatic carbocycles. The maximum atomic E-state index is 6.12. The monoisotopic (exact) mass is 341 g/mol. The lowest BCUT2D eigenvalue weighted by Crippen LogP contribution is -2.30. The summed E-state index contributed by atoms with van der Waals surface area (Å²) in [6.07, 6.45) is 3.81. The maximum Gasteiger partial charge on any atom is 0.0931 e. The highest BCUT2D eigenvalue weighted by Crippen LogP contribution is 2.33. The Morgan fingerprint density at radius 1 is 1.10 bits per heavy atom. The second-order valence-corrected chi connectivity index (χ2v) is 8.71. The van der Waals surface area contributed by atoms with E-state index in [1.54, 1.807) is 22.7 Å². The first-order chi connectivity index (χ1) is 10.1. The number of rotatable bonds is 8. The van der Waals surface area contributed by atoms with E-state index in [-0.39, 0.29) is 6.04 Å². The Morgan fingerprint density at radius 2 is 1.90 bits per heavy atom. The molecule has 0 saturated carbocycles. The van der Waals surface area contributed by atoms with Gasteiger partial charge in [-0.15, -0.1) is 22.7 Å². The van der Waals surface area contributed by atoms with E-state index in [1.165, 1.54) is 29.0 Å². The molecule has 21 heavy (non-hydrogen) atoms. The molecule has 0 bridgehead atoms. The average molecular weight is 342 g/mol. The first-order valence-electron chi connectivity index (χ1n) is 7.61. The molecule has 0 fully saturated rings. The highest BCUT2D eigenvalue weighted by Gasteiger charge is 2.19. The van der Waals surface area contributed by atoms with E-state index in [0.717, 1.165) is 10.3 Å². The van der Waals surface area contributed by atoms with Gasteiger partial charge in [0, 0.05) is 15.8 Å². The molecule has 2 rings (SSSR count). The van der Waals surface area contributed by atoms with Gasteiger partial charge in [0.2, 0.25) is 0 Å². The average Bonchev–Trinajstić information content (AvgIpc) is 3.07. The van der Waals surface area contributed by atoms with E-state index >= 15 is 0 Å². The van der Waals surface area contributed by atoms with Crippen LogP contribution >= 0.6 is 34.3 Å². The van der Waals surface area contributed by atoms with Crippen molar-refractivity contribution in [1.29, 1.82) is 0 Å². The van der Waals surface area contributed by atoms with Crippen LogP contribution in [0.5, 0.6) is 0 Å². The van der Waals surface area contributed by atoms with Gasteiger partial charge in [-0.25, -0.2) is 0 Å². The van der Waals surface area contributed by atoms with Crippen LogP contribution < -0.4 is 5.32 Å². The van der Waals surface area contributed by atoms with E-state index < -0.39 is 0 Å². The smallest absolute Gasteiger partial charge is 0.0931 e. The van der Waals surface area contributed by atoms with Crippen LogP contribution in [0, 0.1) is 5.92 Å². The van der Waals surface area contributed by atoms with Gasteiger partial charge in [0.1, 0.15) is 0 Å². The first kappa shape index (κ1) is 17.0. The standard InChI is InChI=1S/C17H24ClNS2/c1-12(2)6-4-7-13(3)19-17(14-8-5-11-20-14)15-9-10-16(18)21-15/h5,8-13,17,19H,4,6-7H2,1-3H3. The lowest BCUT2D eigenvalue weighted by molar-refractivity contribution is 0.438. The summed E-state index contributed by atoms with van der Waals surface area (Å²) in [6.45, 7) is 6.87. The summed E-state index contributed by atoms with van der Waals surface area (Å²) in [6, 6.07) is 9.25. The molecule has 2 heterocycles. The third-order valence-corrected chi connectivity index (χ3v) is 5.81. The number of halogens is 1. The molecule has 0 amide bonds. The summed E-state index contributed by atoms with van der Waals surface area (Å²) in [5, 5.41) is 5.93. The molecule has 0 radical (unpaired) electrons. The number of hydrogen-bond donors (Lipinski definition) is 1. The minimum absolute atomic E-state index is 0.275. The van der Waals surface area contributed by atoms with Crippen LogP contribution in [0.2, 0.25) is 4.34 Å². The summed E-state index contributed by atoms with van der Waals surface area (Å²) in [5.41, 5.74) is 0. The van der Waals surface area contributed by atoms with Crippen molar-refractivity contribution in [3.05, 3.63) is 43.7 Å². The first-order valence-corrected chi connectivity index (χ1v) is 9.68. The van der Waals surface area contributed by atoms with Gasteiger partial charge in [-0.1, -0.05) is 44.4 Å². The highest BCUT2D eigenvalue weighted by molar-refractivity contribution is 7.16. The normalized spacial score (nSPS) is 14.5. The molecule has 0 spiro atoms. The highest BCUT2D eigenvalue weighted by atomic mass is 35.5. The third-order valence-electron chi connectivity index (χ3n) is 3.58. The van der Waals surface area contributed by atoms with Crippen LogP contribution in [0.25, 0.3) is 0 Å². The van der Waals surface area contributed by atoms with Crippen LogP contribution in [-0.2, 0) is 0 Å². The Bertz CT molecular complexity index is 519. The lowest BCUT2D eigenvalue weighted by atomic mass is 10.0. The Balaban J connectivity index is 2.00. The summed E-state index contributed by atoms with van der Waals surface area (Å²) in [7, 11) is 0. The summed E-state index contributed by atoms with van der Waals surface area (Å²) >= 11 is 9.60. The molecule has 0 aliphatic carbocycles. The zero-order valence-electron chi connectivity index (χ0n) is 12.9. The predicted molar refractivity (Wildman–Crippen MR) is 96.8 cm³/mol. The topological polar surface area (TPSA) is 12.0 Å². The molecule has 4 heteroatoms. The van der Waals surface area contributed by atoms with E-state index in [4.69, 9.17) is 11.6 Å². The second kappa shape index (κ2) is 8.33. The lowest BCUT2D eigenvalue weighted by Gasteiger charge is -2.22. The molecule has 2 atom stereocenters. The van der Waals surface area contributed by atoms with Crippen molar-refractivity contribution >= 4 is 34.3 Å². The zero-order chi connectivity index (χ0) is 15.2. The molecule has 1 nitrogen and oxygen atoms in total. The largest absolute Gasteiger partial charge is 0.302 e. The van der Waals surface area contributed by atoms with Crippen molar-refractivity contribution in [2.45, 2.75) is 52.1 Å². The number of hydrogen-bond acceptors (Lipinski definition) is 3. The van der Waals surface area contributed by atoms with E-state index in [1.807, 2.05) is 6.07 Å². The fraction of sp³-hybridized carbons (Fsp3) is 0.529. The molecular formula is C17H24ClNS2. The zero-order valence-corrected chi connectivity index (χ0v) is 15.3. The quantitative estimate of drug-likeness (QED) is 0.589. The number of nitrogens with one attached hydrogen (secondary N) is 1. The van der Waals surface area contributed by atoms with Gasteiger partial charge >= 0.3 is 0 Å². The van der Waals surface area contributed by atoms with E-state index in [0.29, 0.717) is 6.04 Å². The van der Waals surface area contributed by atoms with Crippen LogP contribution in [0.15, 0.2) is 29.6 Å². The molecule has 0 aliphatic heterocycles. The Hall–Kier alpha value is -0.350. The van der Waals surface area contributed by atoms with Crippen molar-refractivity contribution in [2.75, 3.05) is 0 Å². The van der Waals surface area contributed by atoms with Gasteiger partial charge < -0.3 is 5.32 Å². The molecule has 0 aliphatic rings. The van der Waals surface area contributed by atoms with Crippen molar-refractivity contribution in [1.82, 2.24) is 5.32 Å². The fourth-order valence-corrected chi connectivity index (χ4v) is 4.46. The van der Waals surface area contributed by atoms with E-state index in [2.05, 4.69) is 49.7 Å². The van der Waals surface area contributed by atoms with Gasteiger partial charge in [0.05, 0.1) is 10.4 Å². The van der Waals surface area contributed by atoms with Crippen LogP contribution in [0.3, 0.4) is 0 Å². The van der Waals surface area contributed by atoms with Crippen molar-refractivity contribution < 1.29 is 0 Å². The Morgan fingerprint density at radius 3 is 2.48 bits per heavy atom. The van der Waals surface area contributed by atoms with Crippen LogP contribution in [0.1, 0.15) is 55.8 Å². The maximum absolute atomic E-state index is 6.12. The molecule has 2 aromatic heterocycles. The van der Waals surface area contributed by atoms with Gasteiger partial charge in [-0.2, -0.15) is 0 Å². The second-order valence-electron chi connectivity index (χ2n) is 5.98. The van der Waals surface area contributed by atoms with Gasteiger partial charge in [-0.3, -0.25) is 0 Å². The number of thiophene rings is 2. The van der Waals surface area contributed by atoms with Gasteiger partial charge in [0.15, 0.2) is 0 Å². The van der Waals surface area contributed by atoms with Crippen LogP contribution in [-0.4, -0.2) is 6.04 Å². The summed E-state index contributed by atoms with van der Waals surface area (Å²) in [4.78, 5) is 2.67. The predicted octanol–water partition coefficient (Wildman–Crippen LogP) is 6.36. The summed E-state index contributed by atoms with van der Waals surface area (Å²) in [5.74, 6) is 0.793. The minimum atomic E-state index is 0.275. The fourth-order valence-electron chi connectivity index (χ4n) is 2.44. The van der Waals surface area contributed by atoms with Gasteiger partial charge in [0.25, 0.3) is 0 Å². The molecule has 1 N–H and O–H groups in total. The Labute approximate surface area is 141 Å². The van der Waals surface area contributed by atoms with E-state index in [9.17, 15) is 0 Å². The molecular weight excluding hydrogens is 318 g/mol. The molecule has 116 valence electrons. The van der Waals surface area contributed by atoms with Crippen LogP contribution in [0.4, 0.5) is 0 Å². The minimum Gasteiger partial charge on any atom is -0.302 e. The SMILES string of the molecule is CC(C)CCCC(C)NC(c1cccs1)c1ccc(Cl)s1. The molecule has 2 aromatic rings. The molecule has 2 unspecified atom stereocenters. The van der Waals surface area contributed by atoms with Gasteiger partial charge in [-0.05, 0) is 42.8 Å². The molecule has 0 saturated heterocycles. The summed E-state index contributed by atoms with van der Waals surface area (Å²) < 4.78 is 0.862. The Kier molecular flexibility index (Phi) is 6.74. The third kappa shape index (κ3) is 5.41. The van der Waals surface area contributed by atoms with Crippen molar-refractivity contribution in [2.24, 2.45) is 5.92 Å². The van der Waals surface area contributed by atoms with Crippen molar-refractivity contribution in [3.63, 3.8) is 0 Å². The van der Waals surface area contributed by atoms with Crippen molar-refractivity contribution in [3.8, 4) is 0 Å².